The predicted octanol–water partition coefficient (Wildman–Crippen LogP) is 12.5. The van der Waals surface area contributed by atoms with Crippen LogP contribution in [0.15, 0.2) is 170 Å². The summed E-state index contributed by atoms with van der Waals surface area (Å²) in [5.41, 5.74) is 14.4. The molecule has 2 heterocycles. The van der Waals surface area contributed by atoms with Crippen LogP contribution in [0.2, 0.25) is 0 Å². The summed E-state index contributed by atoms with van der Waals surface area (Å²) < 4.78 is 4.86. The van der Waals surface area contributed by atoms with Gasteiger partial charge in [0.25, 0.3) is 0 Å². The number of para-hydroxylation sites is 2. The number of aromatic nitrogens is 2. The van der Waals surface area contributed by atoms with Gasteiger partial charge in [-0.1, -0.05) is 133 Å². The van der Waals surface area contributed by atoms with Crippen LogP contribution in [-0.2, 0) is 0 Å². The van der Waals surface area contributed by atoms with Gasteiger partial charge in [-0.3, -0.25) is 0 Å². The summed E-state index contributed by atoms with van der Waals surface area (Å²) in [7, 11) is 0. The SMILES string of the molecule is c1ccc2c3ccc4c(c5ccccc5n4-c4ccc(-c5ccc(-c6ccccc6)cc5)cc4)c3n(-c3ccccc3C3=CC=CCC3)c2c#1. The normalized spacial score (nSPS) is 12.9. The summed E-state index contributed by atoms with van der Waals surface area (Å²) in [6, 6.07) is 61.7. The van der Waals surface area contributed by atoms with Crippen molar-refractivity contribution in [2.45, 2.75) is 12.8 Å². The second kappa shape index (κ2) is 11.5. The van der Waals surface area contributed by atoms with Gasteiger partial charge in [0.15, 0.2) is 0 Å². The molecule has 0 atom stereocenters. The maximum Gasteiger partial charge on any atom is 0.105 e. The van der Waals surface area contributed by atoms with Crippen LogP contribution in [0.25, 0.3) is 82.8 Å². The van der Waals surface area contributed by atoms with Crippen LogP contribution in [0, 0.1) is 12.1 Å². The fourth-order valence-electron chi connectivity index (χ4n) is 7.95. The minimum atomic E-state index is 1.03. The molecule has 0 saturated heterocycles. The average Bonchev–Trinajstić information content (AvgIpc) is 3.72. The van der Waals surface area contributed by atoms with E-state index < -0.39 is 0 Å². The van der Waals surface area contributed by atoms with Gasteiger partial charge in [0, 0.05) is 32.8 Å². The zero-order chi connectivity index (χ0) is 33.0. The Morgan fingerprint density at radius 1 is 0.520 bits per heavy atom. The minimum Gasteiger partial charge on any atom is -0.309 e. The van der Waals surface area contributed by atoms with Crippen LogP contribution >= 0.6 is 0 Å². The number of fused-ring (bicyclic) bond motifs is 7. The van der Waals surface area contributed by atoms with Crippen molar-refractivity contribution >= 4 is 49.2 Å². The number of hydrogen-bond acceptors (Lipinski definition) is 0. The molecule has 0 unspecified atom stereocenters. The summed E-state index contributed by atoms with van der Waals surface area (Å²) in [6.45, 7) is 0. The lowest BCUT2D eigenvalue weighted by atomic mass is 9.96. The third-order valence-electron chi connectivity index (χ3n) is 10.3. The molecule has 0 bridgehead atoms. The van der Waals surface area contributed by atoms with E-state index in [9.17, 15) is 0 Å². The Bertz CT molecular complexity index is 2770. The first-order valence-electron chi connectivity index (χ1n) is 17.3. The first-order chi connectivity index (χ1) is 24.8. The molecular formula is C48H32N2. The second-order valence-electron chi connectivity index (χ2n) is 13.1. The summed E-state index contributed by atoms with van der Waals surface area (Å²) in [6.07, 6.45) is 8.81. The van der Waals surface area contributed by atoms with E-state index in [0.29, 0.717) is 0 Å². The first kappa shape index (κ1) is 28.5. The average molecular weight is 637 g/mol. The van der Waals surface area contributed by atoms with E-state index in [1.165, 1.54) is 77.2 Å². The number of hydrogen-bond donors (Lipinski definition) is 0. The minimum absolute atomic E-state index is 1.03. The van der Waals surface area contributed by atoms with Crippen molar-refractivity contribution < 1.29 is 0 Å². The second-order valence-corrected chi connectivity index (χ2v) is 13.1. The zero-order valence-corrected chi connectivity index (χ0v) is 27.5. The van der Waals surface area contributed by atoms with Gasteiger partial charge < -0.3 is 9.13 Å². The Balaban J connectivity index is 1.18. The highest BCUT2D eigenvalue weighted by molar-refractivity contribution is 6.26. The maximum atomic E-state index is 3.52. The Hall–Kier alpha value is -6.56. The molecule has 0 fully saturated rings. The smallest absolute Gasteiger partial charge is 0.105 e. The van der Waals surface area contributed by atoms with Gasteiger partial charge in [-0.05, 0) is 89.2 Å². The molecule has 1 aliphatic rings. The van der Waals surface area contributed by atoms with Crippen molar-refractivity contribution in [1.29, 1.82) is 0 Å². The molecule has 2 aromatic heterocycles. The van der Waals surface area contributed by atoms with Crippen LogP contribution in [-0.4, -0.2) is 9.13 Å². The highest BCUT2D eigenvalue weighted by Crippen LogP contribution is 2.43. The highest BCUT2D eigenvalue weighted by atomic mass is 15.0. The van der Waals surface area contributed by atoms with Crippen LogP contribution < -0.4 is 0 Å². The molecule has 50 heavy (non-hydrogen) atoms. The molecule has 0 aliphatic heterocycles. The van der Waals surface area contributed by atoms with Crippen LogP contribution in [0.4, 0.5) is 0 Å². The molecule has 0 saturated carbocycles. The molecule has 0 amide bonds. The molecule has 0 spiro atoms. The molecule has 2 heteroatoms. The number of rotatable bonds is 5. The number of benzene rings is 6. The van der Waals surface area contributed by atoms with Crippen molar-refractivity contribution in [3.63, 3.8) is 0 Å². The monoisotopic (exact) mass is 636 g/mol. The zero-order valence-electron chi connectivity index (χ0n) is 27.5. The molecule has 7 aromatic carbocycles. The summed E-state index contributed by atoms with van der Waals surface area (Å²) in [4.78, 5) is 0. The van der Waals surface area contributed by atoms with E-state index in [0.717, 1.165) is 24.0 Å². The Kier molecular flexibility index (Phi) is 6.57. The summed E-state index contributed by atoms with van der Waals surface area (Å²) in [5.74, 6) is 0. The molecule has 10 rings (SSSR count). The maximum absolute atomic E-state index is 3.52. The Morgan fingerprint density at radius 3 is 2.00 bits per heavy atom. The van der Waals surface area contributed by atoms with E-state index in [1.54, 1.807) is 0 Å². The van der Waals surface area contributed by atoms with Crippen molar-refractivity contribution in [2.24, 2.45) is 0 Å². The van der Waals surface area contributed by atoms with Crippen LogP contribution in [0.1, 0.15) is 18.4 Å². The van der Waals surface area contributed by atoms with Crippen molar-refractivity contribution in [3.8, 4) is 33.6 Å². The Morgan fingerprint density at radius 2 is 1.22 bits per heavy atom. The third-order valence-corrected chi connectivity index (χ3v) is 10.3. The molecule has 234 valence electrons. The third kappa shape index (κ3) is 4.45. The Labute approximate surface area is 291 Å². The molecule has 9 aromatic rings. The number of nitrogens with zero attached hydrogens (tertiary/aromatic N) is 2. The van der Waals surface area contributed by atoms with Crippen LogP contribution in [0.5, 0.6) is 0 Å². The lowest BCUT2D eigenvalue weighted by molar-refractivity contribution is 1.05. The summed E-state index contributed by atoms with van der Waals surface area (Å²) in [5, 5.41) is 4.89. The van der Waals surface area contributed by atoms with E-state index in [4.69, 9.17) is 0 Å². The lowest BCUT2D eigenvalue weighted by Gasteiger charge is -2.17. The van der Waals surface area contributed by atoms with Crippen molar-refractivity contribution in [1.82, 2.24) is 9.13 Å². The van der Waals surface area contributed by atoms with E-state index >= 15 is 0 Å². The fraction of sp³-hybridized carbons (Fsp3) is 0.0417. The predicted molar refractivity (Wildman–Crippen MR) is 210 cm³/mol. The lowest BCUT2D eigenvalue weighted by Crippen LogP contribution is -2.00. The van der Waals surface area contributed by atoms with E-state index in [-0.39, 0.29) is 0 Å². The van der Waals surface area contributed by atoms with Gasteiger partial charge in [-0.25, -0.2) is 0 Å². The van der Waals surface area contributed by atoms with Gasteiger partial charge in [-0.15, -0.1) is 0 Å². The van der Waals surface area contributed by atoms with E-state index in [2.05, 4.69) is 185 Å². The van der Waals surface area contributed by atoms with Gasteiger partial charge in [0.2, 0.25) is 0 Å². The van der Waals surface area contributed by atoms with Gasteiger partial charge >= 0.3 is 0 Å². The highest BCUT2D eigenvalue weighted by Gasteiger charge is 2.22. The van der Waals surface area contributed by atoms with Gasteiger partial charge in [0.1, 0.15) is 5.52 Å². The van der Waals surface area contributed by atoms with E-state index in [1.807, 2.05) is 6.07 Å². The topological polar surface area (TPSA) is 9.86 Å². The quantitative estimate of drug-likeness (QED) is 0.178. The fourth-order valence-corrected chi connectivity index (χ4v) is 7.95. The van der Waals surface area contributed by atoms with Crippen molar-refractivity contribution in [3.05, 3.63) is 188 Å². The molecule has 1 aliphatic carbocycles. The molecule has 0 radical (unpaired) electrons. The standard InChI is InChI=1S/C48H32N2/c1-3-13-33(14-4-1)34-23-25-35(26-24-34)36-27-29-38(30-28-36)49-45-22-12-9-19-42(45)47-46(49)32-31-41-40-18-8-11-21-44(40)50(48(41)47)43-20-10-7-17-39(43)37-15-5-2-6-16-37/h1-5,7-10,12-15,17-20,22-32H,6,16H2. The summed E-state index contributed by atoms with van der Waals surface area (Å²) >= 11 is 0. The number of allylic oxidation sites excluding steroid dienone is 4. The van der Waals surface area contributed by atoms with Crippen LogP contribution in [0.3, 0.4) is 0 Å². The van der Waals surface area contributed by atoms with Gasteiger partial charge in [0.05, 0.1) is 22.2 Å². The van der Waals surface area contributed by atoms with Crippen molar-refractivity contribution in [2.75, 3.05) is 0 Å². The molecule has 0 N–H and O–H groups in total. The largest absolute Gasteiger partial charge is 0.309 e. The van der Waals surface area contributed by atoms with Gasteiger partial charge in [-0.2, -0.15) is 0 Å². The first-order valence-corrected chi connectivity index (χ1v) is 17.3. The molecule has 2 nitrogen and oxygen atoms in total. The molecular weight excluding hydrogens is 605 g/mol.